The molecule has 0 saturated carbocycles. The summed E-state index contributed by atoms with van der Waals surface area (Å²) in [7, 11) is 0. The van der Waals surface area contributed by atoms with Gasteiger partial charge in [-0.1, -0.05) is 35.9 Å². The van der Waals surface area contributed by atoms with Gasteiger partial charge in [-0.2, -0.15) is 0 Å². The van der Waals surface area contributed by atoms with Gasteiger partial charge in [0.25, 0.3) is 0 Å². The molecule has 2 N–H and O–H groups in total. The van der Waals surface area contributed by atoms with Crippen molar-refractivity contribution in [2.75, 3.05) is 5.32 Å². The molecule has 1 unspecified atom stereocenters. The molecule has 24 heavy (non-hydrogen) atoms. The van der Waals surface area contributed by atoms with Crippen molar-refractivity contribution in [3.63, 3.8) is 0 Å². The van der Waals surface area contributed by atoms with E-state index in [1.165, 1.54) is 0 Å². The molecule has 126 valence electrons. The molecule has 4 nitrogen and oxygen atoms in total. The van der Waals surface area contributed by atoms with Crippen molar-refractivity contribution < 1.29 is 14.7 Å². The van der Waals surface area contributed by atoms with Crippen LogP contribution in [0.5, 0.6) is 0 Å². The van der Waals surface area contributed by atoms with E-state index < -0.39 is 17.3 Å². The topological polar surface area (TPSA) is 66.4 Å². The van der Waals surface area contributed by atoms with Gasteiger partial charge in [-0.3, -0.25) is 9.59 Å². The van der Waals surface area contributed by atoms with Crippen LogP contribution in [0, 0.1) is 0 Å². The molecule has 0 aliphatic rings. The van der Waals surface area contributed by atoms with Gasteiger partial charge in [-0.15, -0.1) is 0 Å². The maximum atomic E-state index is 12.7. The van der Waals surface area contributed by atoms with E-state index in [0.717, 1.165) is 5.56 Å². The van der Waals surface area contributed by atoms with Gasteiger partial charge in [0.05, 0.1) is 11.3 Å². The lowest BCUT2D eigenvalue weighted by atomic mass is 9.83. The van der Waals surface area contributed by atoms with Crippen LogP contribution >= 0.6 is 11.6 Å². The minimum Gasteiger partial charge on any atom is -0.481 e. The second-order valence-electron chi connectivity index (χ2n) is 6.27. The number of rotatable bonds is 5. The summed E-state index contributed by atoms with van der Waals surface area (Å²) in [5.41, 5.74) is 1.32. The van der Waals surface area contributed by atoms with Crippen LogP contribution in [-0.2, 0) is 15.0 Å². The average molecular weight is 346 g/mol. The first-order valence-electron chi connectivity index (χ1n) is 7.62. The molecule has 5 heteroatoms. The predicted octanol–water partition coefficient (Wildman–Crippen LogP) is 4.44. The van der Waals surface area contributed by atoms with Crippen molar-refractivity contribution in [3.05, 3.63) is 64.7 Å². The summed E-state index contributed by atoms with van der Waals surface area (Å²) in [4.78, 5) is 23.8. The Morgan fingerprint density at radius 1 is 1.12 bits per heavy atom. The van der Waals surface area contributed by atoms with Crippen LogP contribution in [0.4, 0.5) is 5.69 Å². The summed E-state index contributed by atoms with van der Waals surface area (Å²) >= 11 is 5.90. The Morgan fingerprint density at radius 2 is 1.75 bits per heavy atom. The molecule has 0 fully saturated rings. The Labute approximate surface area is 146 Å². The van der Waals surface area contributed by atoms with Gasteiger partial charge in [-0.25, -0.2) is 0 Å². The Bertz CT molecular complexity index is 753. The van der Waals surface area contributed by atoms with E-state index in [9.17, 15) is 9.59 Å². The number of carbonyl (C=O) groups excluding carboxylic acids is 1. The monoisotopic (exact) mass is 345 g/mol. The largest absolute Gasteiger partial charge is 0.481 e. The minimum atomic E-state index is -0.903. The molecular formula is C19H20ClNO3. The standard InChI is InChI=1S/C19H20ClNO3/c1-12(17(22)23)13-5-4-6-16(11-13)21-18(24)19(2,3)14-7-9-15(20)10-8-14/h4-12H,1-3H3,(H,21,24)(H,22,23). The van der Waals surface area contributed by atoms with E-state index in [2.05, 4.69) is 5.32 Å². The lowest BCUT2D eigenvalue weighted by Crippen LogP contribution is -2.34. The van der Waals surface area contributed by atoms with Gasteiger partial charge in [0.15, 0.2) is 0 Å². The second kappa shape index (κ2) is 7.05. The van der Waals surface area contributed by atoms with Crippen molar-refractivity contribution in [2.45, 2.75) is 32.1 Å². The fourth-order valence-corrected chi connectivity index (χ4v) is 2.44. The number of hydrogen-bond donors (Lipinski definition) is 2. The third-order valence-electron chi connectivity index (χ3n) is 4.15. The highest BCUT2D eigenvalue weighted by atomic mass is 35.5. The van der Waals surface area contributed by atoms with Gasteiger partial charge < -0.3 is 10.4 Å². The molecule has 0 saturated heterocycles. The Morgan fingerprint density at radius 3 is 2.33 bits per heavy atom. The van der Waals surface area contributed by atoms with E-state index >= 15 is 0 Å². The number of carbonyl (C=O) groups is 2. The molecule has 2 rings (SSSR count). The van der Waals surface area contributed by atoms with Crippen molar-refractivity contribution in [1.82, 2.24) is 0 Å². The van der Waals surface area contributed by atoms with E-state index in [-0.39, 0.29) is 5.91 Å². The van der Waals surface area contributed by atoms with E-state index in [1.807, 2.05) is 26.0 Å². The molecule has 0 aliphatic carbocycles. The third-order valence-corrected chi connectivity index (χ3v) is 4.40. The van der Waals surface area contributed by atoms with Crippen LogP contribution in [0.3, 0.4) is 0 Å². The van der Waals surface area contributed by atoms with Crippen molar-refractivity contribution in [2.24, 2.45) is 0 Å². The maximum Gasteiger partial charge on any atom is 0.310 e. The molecule has 1 amide bonds. The number of halogens is 1. The molecule has 0 bridgehead atoms. The number of benzene rings is 2. The van der Waals surface area contributed by atoms with E-state index in [1.54, 1.807) is 43.3 Å². The van der Waals surface area contributed by atoms with Crippen LogP contribution in [0.15, 0.2) is 48.5 Å². The highest BCUT2D eigenvalue weighted by Gasteiger charge is 2.30. The minimum absolute atomic E-state index is 0.176. The molecule has 0 radical (unpaired) electrons. The molecule has 0 heterocycles. The van der Waals surface area contributed by atoms with Crippen LogP contribution in [0.2, 0.25) is 5.02 Å². The molecule has 0 aromatic heterocycles. The zero-order chi connectivity index (χ0) is 17.9. The summed E-state index contributed by atoms with van der Waals surface area (Å²) in [5, 5.41) is 12.6. The number of hydrogen-bond acceptors (Lipinski definition) is 2. The van der Waals surface area contributed by atoms with Gasteiger partial charge >= 0.3 is 5.97 Å². The van der Waals surface area contributed by atoms with E-state index in [0.29, 0.717) is 16.3 Å². The molecule has 0 spiro atoms. The van der Waals surface area contributed by atoms with Crippen molar-refractivity contribution in [1.29, 1.82) is 0 Å². The van der Waals surface area contributed by atoms with E-state index in [4.69, 9.17) is 16.7 Å². The van der Waals surface area contributed by atoms with Gasteiger partial charge in [0.2, 0.25) is 5.91 Å². The lowest BCUT2D eigenvalue weighted by Gasteiger charge is -2.24. The second-order valence-corrected chi connectivity index (χ2v) is 6.71. The number of nitrogens with one attached hydrogen (secondary N) is 1. The van der Waals surface area contributed by atoms with Crippen LogP contribution in [0.1, 0.15) is 37.8 Å². The zero-order valence-corrected chi connectivity index (χ0v) is 14.6. The summed E-state index contributed by atoms with van der Waals surface area (Å²) in [6.07, 6.45) is 0. The SMILES string of the molecule is CC(C(=O)O)c1cccc(NC(=O)C(C)(C)c2ccc(Cl)cc2)c1. The number of aliphatic carboxylic acids is 1. The molecule has 2 aromatic carbocycles. The molecular weight excluding hydrogens is 326 g/mol. The van der Waals surface area contributed by atoms with Gasteiger partial charge in [-0.05, 0) is 56.2 Å². The number of amides is 1. The first-order chi connectivity index (χ1) is 11.2. The Kier molecular flexibility index (Phi) is 5.30. The fraction of sp³-hybridized carbons (Fsp3) is 0.263. The lowest BCUT2D eigenvalue weighted by molar-refractivity contribution is -0.138. The highest BCUT2D eigenvalue weighted by molar-refractivity contribution is 6.30. The summed E-state index contributed by atoms with van der Waals surface area (Å²) in [5.74, 6) is -1.71. The number of carboxylic acids is 1. The number of carboxylic acid groups (broad SMARTS) is 1. The quantitative estimate of drug-likeness (QED) is 0.841. The summed E-state index contributed by atoms with van der Waals surface area (Å²) in [6.45, 7) is 5.27. The average Bonchev–Trinajstić information content (AvgIpc) is 2.54. The maximum absolute atomic E-state index is 12.7. The normalized spacial score (nSPS) is 12.5. The van der Waals surface area contributed by atoms with Crippen LogP contribution in [-0.4, -0.2) is 17.0 Å². The molecule has 0 aliphatic heterocycles. The van der Waals surface area contributed by atoms with Gasteiger partial charge in [0.1, 0.15) is 0 Å². The summed E-state index contributed by atoms with van der Waals surface area (Å²) < 4.78 is 0. The predicted molar refractivity (Wildman–Crippen MR) is 95.6 cm³/mol. The highest BCUT2D eigenvalue weighted by Crippen LogP contribution is 2.27. The Balaban J connectivity index is 2.21. The first-order valence-corrected chi connectivity index (χ1v) is 8.00. The molecule has 2 aromatic rings. The van der Waals surface area contributed by atoms with Crippen LogP contribution < -0.4 is 5.32 Å². The van der Waals surface area contributed by atoms with Crippen molar-refractivity contribution in [3.8, 4) is 0 Å². The van der Waals surface area contributed by atoms with Crippen molar-refractivity contribution >= 4 is 29.2 Å². The molecule has 1 atom stereocenters. The van der Waals surface area contributed by atoms with Crippen LogP contribution in [0.25, 0.3) is 0 Å². The van der Waals surface area contributed by atoms with Gasteiger partial charge in [0, 0.05) is 10.7 Å². The Hall–Kier alpha value is -2.33. The number of anilines is 1. The summed E-state index contributed by atoms with van der Waals surface area (Å²) in [6, 6.07) is 14.1. The third kappa shape index (κ3) is 3.95. The smallest absolute Gasteiger partial charge is 0.310 e. The first kappa shape index (κ1) is 18.0. The fourth-order valence-electron chi connectivity index (χ4n) is 2.31. The zero-order valence-electron chi connectivity index (χ0n) is 13.8.